The summed E-state index contributed by atoms with van der Waals surface area (Å²) in [5.41, 5.74) is 0.658. The quantitative estimate of drug-likeness (QED) is 0.828. The van der Waals surface area contributed by atoms with Crippen LogP contribution in [0.5, 0.6) is 0 Å². The van der Waals surface area contributed by atoms with Crippen LogP contribution in [0, 0.1) is 6.92 Å². The standard InChI is InChI=1S/C9H11N3O2S/c1-6-7-8(15-11-6)10-5-12(9(7)14)3-2-4-13/h5,13H,2-4H2,1H3. The second-order valence-electron chi connectivity index (χ2n) is 3.27. The molecule has 0 spiro atoms. The van der Waals surface area contributed by atoms with E-state index in [1.807, 2.05) is 0 Å². The Balaban J connectivity index is 2.54. The van der Waals surface area contributed by atoms with E-state index in [0.29, 0.717) is 23.2 Å². The summed E-state index contributed by atoms with van der Waals surface area (Å²) in [6.45, 7) is 2.37. The SMILES string of the molecule is Cc1nsc2ncn(CCCO)c(=O)c12. The Kier molecular flexibility index (Phi) is 2.79. The number of aromatic nitrogens is 3. The maximum atomic E-state index is 11.9. The van der Waals surface area contributed by atoms with Crippen molar-refractivity contribution < 1.29 is 5.11 Å². The average molecular weight is 225 g/mol. The van der Waals surface area contributed by atoms with E-state index in [-0.39, 0.29) is 12.2 Å². The van der Waals surface area contributed by atoms with Gasteiger partial charge in [-0.05, 0) is 24.9 Å². The molecule has 0 radical (unpaired) electrons. The lowest BCUT2D eigenvalue weighted by atomic mass is 10.3. The molecule has 5 nitrogen and oxygen atoms in total. The number of nitrogens with zero attached hydrogens (tertiary/aromatic N) is 3. The molecular formula is C9H11N3O2S. The molecular weight excluding hydrogens is 214 g/mol. The fourth-order valence-corrected chi connectivity index (χ4v) is 2.15. The molecule has 1 N–H and O–H groups in total. The molecule has 80 valence electrons. The Morgan fingerprint density at radius 1 is 1.60 bits per heavy atom. The van der Waals surface area contributed by atoms with Gasteiger partial charge in [-0.1, -0.05) is 0 Å². The smallest absolute Gasteiger partial charge is 0.263 e. The van der Waals surface area contributed by atoms with Crippen LogP contribution in [0.25, 0.3) is 10.2 Å². The third kappa shape index (κ3) is 1.78. The lowest BCUT2D eigenvalue weighted by Gasteiger charge is -2.02. The molecule has 0 unspecified atom stereocenters. The minimum atomic E-state index is -0.0697. The number of aliphatic hydroxyl groups excluding tert-OH is 1. The lowest BCUT2D eigenvalue weighted by molar-refractivity contribution is 0.279. The summed E-state index contributed by atoms with van der Waals surface area (Å²) < 4.78 is 5.61. The van der Waals surface area contributed by atoms with Gasteiger partial charge >= 0.3 is 0 Å². The van der Waals surface area contributed by atoms with Crippen LogP contribution in [0.1, 0.15) is 12.1 Å². The van der Waals surface area contributed by atoms with Crippen molar-refractivity contribution in [2.75, 3.05) is 6.61 Å². The van der Waals surface area contributed by atoms with Gasteiger partial charge in [0.25, 0.3) is 5.56 Å². The first-order chi connectivity index (χ1) is 7.24. The summed E-state index contributed by atoms with van der Waals surface area (Å²) in [6.07, 6.45) is 2.07. The van der Waals surface area contributed by atoms with Gasteiger partial charge in [-0.25, -0.2) is 4.98 Å². The van der Waals surface area contributed by atoms with E-state index in [9.17, 15) is 4.79 Å². The largest absolute Gasteiger partial charge is 0.396 e. The van der Waals surface area contributed by atoms with E-state index < -0.39 is 0 Å². The fraction of sp³-hybridized carbons (Fsp3) is 0.444. The van der Waals surface area contributed by atoms with Crippen molar-refractivity contribution >= 4 is 21.7 Å². The minimum absolute atomic E-state index is 0.0697. The molecule has 0 fully saturated rings. The van der Waals surface area contributed by atoms with Crippen LogP contribution in [-0.4, -0.2) is 25.6 Å². The van der Waals surface area contributed by atoms with Crippen LogP contribution in [0.3, 0.4) is 0 Å². The molecule has 6 heteroatoms. The second-order valence-corrected chi connectivity index (χ2v) is 4.02. The first-order valence-electron chi connectivity index (χ1n) is 4.66. The lowest BCUT2D eigenvalue weighted by Crippen LogP contribution is -2.21. The molecule has 0 atom stereocenters. The monoisotopic (exact) mass is 225 g/mol. The number of fused-ring (bicyclic) bond motifs is 1. The first kappa shape index (κ1) is 10.3. The zero-order valence-electron chi connectivity index (χ0n) is 8.30. The molecule has 15 heavy (non-hydrogen) atoms. The van der Waals surface area contributed by atoms with Crippen LogP contribution < -0.4 is 5.56 Å². The van der Waals surface area contributed by atoms with Gasteiger partial charge in [-0.3, -0.25) is 9.36 Å². The number of hydrogen-bond acceptors (Lipinski definition) is 5. The van der Waals surface area contributed by atoms with Crippen LogP contribution in [0.15, 0.2) is 11.1 Å². The van der Waals surface area contributed by atoms with E-state index in [1.54, 1.807) is 6.92 Å². The fourth-order valence-electron chi connectivity index (χ4n) is 1.41. The summed E-state index contributed by atoms with van der Waals surface area (Å²) in [7, 11) is 0. The summed E-state index contributed by atoms with van der Waals surface area (Å²) in [4.78, 5) is 16.8. The van der Waals surface area contributed by atoms with Crippen molar-refractivity contribution in [1.82, 2.24) is 13.9 Å². The Hall–Kier alpha value is -1.27. The molecule has 0 aromatic carbocycles. The highest BCUT2D eigenvalue weighted by Gasteiger charge is 2.09. The van der Waals surface area contributed by atoms with Crippen molar-refractivity contribution in [3.05, 3.63) is 22.4 Å². The van der Waals surface area contributed by atoms with Crippen LogP contribution >= 0.6 is 11.5 Å². The molecule has 0 aliphatic rings. The highest BCUT2D eigenvalue weighted by Crippen LogP contribution is 2.14. The molecule has 2 heterocycles. The zero-order valence-corrected chi connectivity index (χ0v) is 9.12. The van der Waals surface area contributed by atoms with Crippen molar-refractivity contribution in [2.24, 2.45) is 0 Å². The van der Waals surface area contributed by atoms with Crippen molar-refractivity contribution in [2.45, 2.75) is 19.9 Å². The normalized spacial score (nSPS) is 11.1. The maximum Gasteiger partial charge on any atom is 0.263 e. The minimum Gasteiger partial charge on any atom is -0.396 e. The van der Waals surface area contributed by atoms with E-state index in [1.165, 1.54) is 22.4 Å². The summed E-state index contributed by atoms with van der Waals surface area (Å²) in [5, 5.41) is 9.30. The van der Waals surface area contributed by atoms with Gasteiger partial charge < -0.3 is 5.11 Å². The van der Waals surface area contributed by atoms with Crippen molar-refractivity contribution in [3.8, 4) is 0 Å². The van der Waals surface area contributed by atoms with Crippen LogP contribution in [0.4, 0.5) is 0 Å². The molecule has 2 aromatic heterocycles. The molecule has 0 aliphatic carbocycles. The summed E-state index contributed by atoms with van der Waals surface area (Å²) >= 11 is 1.24. The van der Waals surface area contributed by atoms with Gasteiger partial charge in [0.15, 0.2) is 4.83 Å². The van der Waals surface area contributed by atoms with Gasteiger partial charge in [0, 0.05) is 13.2 Å². The average Bonchev–Trinajstić information content (AvgIpc) is 2.60. The Labute approximate surface area is 90.2 Å². The highest BCUT2D eigenvalue weighted by molar-refractivity contribution is 7.12. The number of rotatable bonds is 3. The van der Waals surface area contributed by atoms with E-state index in [4.69, 9.17) is 5.11 Å². The first-order valence-corrected chi connectivity index (χ1v) is 5.43. The van der Waals surface area contributed by atoms with Crippen LogP contribution in [-0.2, 0) is 6.54 Å². The topological polar surface area (TPSA) is 68.0 Å². The predicted molar refractivity (Wildman–Crippen MR) is 58.1 cm³/mol. The molecule has 0 saturated carbocycles. The Morgan fingerprint density at radius 2 is 2.40 bits per heavy atom. The zero-order chi connectivity index (χ0) is 10.8. The molecule has 0 aliphatic heterocycles. The third-order valence-electron chi connectivity index (χ3n) is 2.19. The summed E-state index contributed by atoms with van der Waals surface area (Å²) in [5.74, 6) is 0. The number of aliphatic hydroxyl groups is 1. The highest BCUT2D eigenvalue weighted by atomic mass is 32.1. The second kappa shape index (κ2) is 4.08. The van der Waals surface area contributed by atoms with Gasteiger partial charge in [0.2, 0.25) is 0 Å². The molecule has 2 aromatic rings. The number of hydrogen-bond donors (Lipinski definition) is 1. The predicted octanol–water partition coefficient (Wildman–Crippen LogP) is 0.544. The molecule has 0 amide bonds. The maximum absolute atomic E-state index is 11.9. The van der Waals surface area contributed by atoms with Crippen LogP contribution in [0.2, 0.25) is 0 Å². The van der Waals surface area contributed by atoms with Gasteiger partial charge in [-0.2, -0.15) is 4.37 Å². The third-order valence-corrected chi connectivity index (χ3v) is 3.04. The van der Waals surface area contributed by atoms with Gasteiger partial charge in [-0.15, -0.1) is 0 Å². The Morgan fingerprint density at radius 3 is 3.13 bits per heavy atom. The molecule has 2 rings (SSSR count). The van der Waals surface area contributed by atoms with E-state index >= 15 is 0 Å². The Bertz CT molecular complexity index is 532. The summed E-state index contributed by atoms with van der Waals surface area (Å²) in [6, 6.07) is 0. The van der Waals surface area contributed by atoms with E-state index in [0.717, 1.165) is 5.69 Å². The van der Waals surface area contributed by atoms with Crippen molar-refractivity contribution in [1.29, 1.82) is 0 Å². The van der Waals surface area contributed by atoms with Crippen molar-refractivity contribution in [3.63, 3.8) is 0 Å². The number of aryl methyl sites for hydroxylation is 2. The molecule has 0 bridgehead atoms. The van der Waals surface area contributed by atoms with Gasteiger partial charge in [0.05, 0.1) is 17.4 Å². The van der Waals surface area contributed by atoms with Gasteiger partial charge in [0.1, 0.15) is 0 Å². The molecule has 0 saturated heterocycles. The van der Waals surface area contributed by atoms with E-state index in [2.05, 4.69) is 9.36 Å².